The largest absolute Gasteiger partial charge is 1.00 e. The van der Waals surface area contributed by atoms with Crippen LogP contribution in [0.1, 0.15) is 79.1 Å². The van der Waals surface area contributed by atoms with Crippen molar-refractivity contribution in [3.63, 3.8) is 0 Å². The Morgan fingerprint density at radius 2 is 0.737 bits per heavy atom. The number of halogens is 1. The van der Waals surface area contributed by atoms with Gasteiger partial charge in [0.25, 0.3) is 0 Å². The van der Waals surface area contributed by atoms with Crippen LogP contribution in [0.3, 0.4) is 0 Å². The van der Waals surface area contributed by atoms with E-state index in [1.54, 1.807) is 0 Å². The fourth-order valence-corrected chi connectivity index (χ4v) is 2.64. The van der Waals surface area contributed by atoms with Crippen molar-refractivity contribution in [3.05, 3.63) is 0 Å². The number of hydrogen-bond donors (Lipinski definition) is 0. The first kappa shape index (κ1) is 25.6. The van der Waals surface area contributed by atoms with Gasteiger partial charge in [0.15, 0.2) is 0 Å². The van der Waals surface area contributed by atoms with E-state index in [1.807, 2.05) is 0 Å². The molecule has 0 saturated carbocycles. The summed E-state index contributed by atoms with van der Waals surface area (Å²) in [6.07, 6.45) is 11.1. The smallest absolute Gasteiger partial charge is 0.0786 e. The maximum atomic E-state index is 2.33. The van der Waals surface area contributed by atoms with Crippen LogP contribution in [0.2, 0.25) is 0 Å². The summed E-state index contributed by atoms with van der Waals surface area (Å²) in [6.45, 7) is 15.0. The van der Waals surface area contributed by atoms with Crippen molar-refractivity contribution in [2.24, 2.45) is 0 Å². The molecule has 0 unspecified atom stereocenters. The number of nitrogens with zero attached hydrogens (tertiary/aromatic N) is 1. The van der Waals surface area contributed by atoms with Crippen LogP contribution in [0.4, 0.5) is 0 Å². The van der Waals surface area contributed by atoms with E-state index >= 15 is 0 Å². The molecule has 0 heterocycles. The maximum absolute atomic E-state index is 2.33. The van der Waals surface area contributed by atoms with Gasteiger partial charge in [-0.05, 0) is 25.7 Å². The van der Waals surface area contributed by atoms with Crippen LogP contribution in [-0.2, 0) is 0 Å². The van der Waals surface area contributed by atoms with Crippen molar-refractivity contribution in [1.29, 1.82) is 0 Å². The van der Waals surface area contributed by atoms with E-state index in [9.17, 15) is 0 Å². The molecule has 0 atom stereocenters. The van der Waals surface area contributed by atoms with Gasteiger partial charge in [-0.25, -0.2) is 0 Å². The molecule has 120 valence electrons. The van der Waals surface area contributed by atoms with Crippen LogP contribution in [-0.4, -0.2) is 30.7 Å². The second kappa shape index (κ2) is 17.8. The Hall–Kier alpha value is 1.70. The van der Waals surface area contributed by atoms with E-state index in [1.165, 1.54) is 82.0 Å². The first-order chi connectivity index (χ1) is 8.24. The monoisotopic (exact) mass is 361 g/mol. The van der Waals surface area contributed by atoms with Crippen LogP contribution in [0, 0.1) is 37.7 Å². The molecule has 0 saturated heterocycles. The molecule has 0 aromatic carbocycles. The molecule has 0 spiro atoms. The van der Waals surface area contributed by atoms with E-state index in [0.29, 0.717) is 0 Å². The third-order valence-corrected chi connectivity index (χ3v) is 3.94. The maximum Gasteiger partial charge on any atom is 0.0786 e. The zero-order valence-electron chi connectivity index (χ0n) is 13.7. The molecule has 0 aliphatic carbocycles. The van der Waals surface area contributed by atoms with Gasteiger partial charge in [-0.2, -0.15) is 0 Å². The van der Waals surface area contributed by atoms with E-state index in [0.717, 1.165) is 0 Å². The van der Waals surface area contributed by atoms with Gasteiger partial charge in [-0.3, -0.25) is 0 Å². The average Bonchev–Trinajstić information content (AvgIpc) is 2.37. The fourth-order valence-electron chi connectivity index (χ4n) is 2.64. The molecular weight excluding hydrogens is 326 g/mol. The van der Waals surface area contributed by atoms with Crippen LogP contribution in [0.15, 0.2) is 0 Å². The van der Waals surface area contributed by atoms with E-state index in [2.05, 4.69) is 27.7 Å². The number of unbranched alkanes of at least 4 members (excludes halogenated alkanes) is 4. The second-order valence-corrected chi connectivity index (χ2v) is 5.65. The molecular formula is C16H36ArBrN. The Bertz CT molecular complexity index is 127. The third-order valence-electron chi connectivity index (χ3n) is 3.94. The minimum atomic E-state index is 0. The summed E-state index contributed by atoms with van der Waals surface area (Å²) in [5.74, 6) is 0. The van der Waals surface area contributed by atoms with Gasteiger partial charge in [0.1, 0.15) is 0 Å². The van der Waals surface area contributed by atoms with E-state index in [-0.39, 0.29) is 54.7 Å². The van der Waals surface area contributed by atoms with Crippen molar-refractivity contribution in [2.45, 2.75) is 79.1 Å². The Morgan fingerprint density at radius 3 is 0.895 bits per heavy atom. The summed E-state index contributed by atoms with van der Waals surface area (Å²) in [7, 11) is 0. The van der Waals surface area contributed by atoms with Gasteiger partial charge in [0.05, 0.1) is 26.2 Å². The molecule has 0 amide bonds. The van der Waals surface area contributed by atoms with Crippen molar-refractivity contribution < 1.29 is 59.2 Å². The first-order valence-electron chi connectivity index (χ1n) is 8.09. The molecule has 0 N–H and O–H groups in total. The number of quaternary nitrogens is 1. The Morgan fingerprint density at radius 1 is 0.526 bits per heavy atom. The zero-order chi connectivity index (χ0) is 13.0. The van der Waals surface area contributed by atoms with Crippen molar-refractivity contribution in [2.75, 3.05) is 26.2 Å². The summed E-state index contributed by atoms with van der Waals surface area (Å²) < 4.78 is 1.42. The van der Waals surface area contributed by atoms with Crippen molar-refractivity contribution in [1.82, 2.24) is 0 Å². The van der Waals surface area contributed by atoms with Crippen molar-refractivity contribution in [3.8, 4) is 0 Å². The van der Waals surface area contributed by atoms with Gasteiger partial charge < -0.3 is 21.5 Å². The molecule has 3 heteroatoms. The average molecular weight is 362 g/mol. The predicted molar refractivity (Wildman–Crippen MR) is 79.4 cm³/mol. The van der Waals surface area contributed by atoms with Gasteiger partial charge in [-0.1, -0.05) is 53.4 Å². The van der Waals surface area contributed by atoms with Gasteiger partial charge >= 0.3 is 0 Å². The summed E-state index contributed by atoms with van der Waals surface area (Å²) in [5, 5.41) is 0. The molecule has 0 aliphatic rings. The van der Waals surface area contributed by atoms with Crippen molar-refractivity contribution >= 4 is 0 Å². The Balaban J connectivity index is -0.00000128. The second-order valence-electron chi connectivity index (χ2n) is 5.65. The standard InChI is InChI=1S/C16H36N.Ar.BrH/c1-5-9-13-17(14-10-6-2,15-11-7-3)16-12-8-4;;/h5-16H2,1-4H3;;1H/q+1;;/p-1. The Kier molecular flexibility index (Phi) is 24.0. The molecule has 0 aliphatic heterocycles. The molecule has 0 radical (unpaired) electrons. The quantitative estimate of drug-likeness (QED) is 0.466. The summed E-state index contributed by atoms with van der Waals surface area (Å²) in [4.78, 5) is 0. The van der Waals surface area contributed by atoms with Crippen LogP contribution < -0.4 is 17.0 Å². The molecule has 0 rings (SSSR count). The SMILES string of the molecule is CCCC[N+](CCCC)(CCCC)CCCC.[Ar].[Br-]. The van der Waals surface area contributed by atoms with E-state index < -0.39 is 0 Å². The normalized spacial score (nSPS) is 10.7. The topological polar surface area (TPSA) is 0 Å². The summed E-state index contributed by atoms with van der Waals surface area (Å²) in [5.41, 5.74) is 0. The minimum absolute atomic E-state index is 0. The number of hydrogen-bond acceptors (Lipinski definition) is 0. The summed E-state index contributed by atoms with van der Waals surface area (Å²) in [6, 6.07) is 0. The molecule has 0 aromatic rings. The Labute approximate surface area is 163 Å². The molecule has 19 heavy (non-hydrogen) atoms. The van der Waals surface area contributed by atoms with Gasteiger partial charge in [0, 0.05) is 37.7 Å². The molecule has 0 bridgehead atoms. The van der Waals surface area contributed by atoms with Crippen LogP contribution >= 0.6 is 0 Å². The molecule has 0 aromatic heterocycles. The number of rotatable bonds is 12. The van der Waals surface area contributed by atoms with Crippen LogP contribution in [0.5, 0.6) is 0 Å². The molecule has 0 fully saturated rings. The zero-order valence-corrected chi connectivity index (χ0v) is 16.0. The van der Waals surface area contributed by atoms with Gasteiger partial charge in [0.2, 0.25) is 0 Å². The molecule has 1 nitrogen and oxygen atoms in total. The van der Waals surface area contributed by atoms with E-state index in [4.69, 9.17) is 0 Å². The van der Waals surface area contributed by atoms with Gasteiger partial charge in [-0.15, -0.1) is 0 Å². The minimum Gasteiger partial charge on any atom is -1.00 e. The fraction of sp³-hybridized carbons (Fsp3) is 1.00. The van der Waals surface area contributed by atoms with Crippen LogP contribution in [0.25, 0.3) is 0 Å². The first-order valence-corrected chi connectivity index (χ1v) is 8.09. The summed E-state index contributed by atoms with van der Waals surface area (Å²) >= 11 is 0. The third kappa shape index (κ3) is 13.1. The predicted octanol–water partition coefficient (Wildman–Crippen LogP) is 2.01.